The van der Waals surface area contributed by atoms with Gasteiger partial charge in [-0.3, -0.25) is 0 Å². The molecule has 6 heteroatoms. The minimum Gasteiger partial charge on any atom is -0.398 e. The number of pyridine rings is 1. The van der Waals surface area contributed by atoms with E-state index in [0.29, 0.717) is 0 Å². The zero-order valence-electron chi connectivity index (χ0n) is 6.40. The van der Waals surface area contributed by atoms with E-state index in [2.05, 4.69) is 20.9 Å². The molecule has 1 aromatic heterocycles. The van der Waals surface area contributed by atoms with Crippen LogP contribution in [0.5, 0.6) is 0 Å². The highest BCUT2D eigenvalue weighted by atomic mass is 79.9. The van der Waals surface area contributed by atoms with Gasteiger partial charge in [0.15, 0.2) is 0 Å². The van der Waals surface area contributed by atoms with E-state index in [-0.39, 0.29) is 16.6 Å². The summed E-state index contributed by atoms with van der Waals surface area (Å²) in [5.41, 5.74) is 4.85. The molecule has 0 atom stereocenters. The summed E-state index contributed by atoms with van der Waals surface area (Å²) in [5.74, 6) is -0.988. The number of anilines is 1. The van der Waals surface area contributed by atoms with Crippen molar-refractivity contribution in [3.63, 3.8) is 0 Å². The quantitative estimate of drug-likeness (QED) is 0.651. The molecule has 1 aromatic rings. The predicted molar refractivity (Wildman–Crippen MR) is 46.2 cm³/mol. The second kappa shape index (κ2) is 3.95. The molecule has 72 valence electrons. The van der Waals surface area contributed by atoms with Gasteiger partial charge in [0, 0.05) is 22.6 Å². The molecule has 0 saturated carbocycles. The SMILES string of the molecule is Nc1cc(F)nc(C(F)F)c1CBr. The molecule has 1 rings (SSSR count). The Morgan fingerprint density at radius 2 is 2.15 bits per heavy atom. The second-order valence-corrected chi connectivity index (χ2v) is 2.89. The van der Waals surface area contributed by atoms with Gasteiger partial charge in [0.1, 0.15) is 5.69 Å². The molecule has 2 nitrogen and oxygen atoms in total. The summed E-state index contributed by atoms with van der Waals surface area (Å²) in [6, 6.07) is 0.919. The molecule has 0 unspecified atom stereocenters. The minimum atomic E-state index is -2.81. The van der Waals surface area contributed by atoms with Crippen LogP contribution in [0.15, 0.2) is 6.07 Å². The van der Waals surface area contributed by atoms with Crippen LogP contribution in [0.3, 0.4) is 0 Å². The van der Waals surface area contributed by atoms with Crippen LogP contribution >= 0.6 is 15.9 Å². The maximum Gasteiger partial charge on any atom is 0.280 e. The van der Waals surface area contributed by atoms with E-state index in [0.717, 1.165) is 6.07 Å². The number of nitrogens with zero attached hydrogens (tertiary/aromatic N) is 1. The number of hydrogen-bond donors (Lipinski definition) is 1. The summed E-state index contributed by atoms with van der Waals surface area (Å²) in [6.07, 6.45) is -2.81. The lowest BCUT2D eigenvalue weighted by Gasteiger charge is -2.07. The lowest BCUT2D eigenvalue weighted by atomic mass is 10.2. The normalized spacial score (nSPS) is 10.8. The average molecular weight is 255 g/mol. The van der Waals surface area contributed by atoms with Crippen LogP contribution in [0.2, 0.25) is 0 Å². The lowest BCUT2D eigenvalue weighted by Crippen LogP contribution is -2.04. The topological polar surface area (TPSA) is 38.9 Å². The zero-order chi connectivity index (χ0) is 10.0. The van der Waals surface area contributed by atoms with E-state index in [1.165, 1.54) is 0 Å². The van der Waals surface area contributed by atoms with Crippen molar-refractivity contribution in [2.45, 2.75) is 11.8 Å². The first-order valence-electron chi connectivity index (χ1n) is 3.35. The maximum absolute atomic E-state index is 12.6. The van der Waals surface area contributed by atoms with Crippen LogP contribution in [0.4, 0.5) is 18.9 Å². The van der Waals surface area contributed by atoms with Crippen molar-refractivity contribution in [1.29, 1.82) is 0 Å². The van der Waals surface area contributed by atoms with Gasteiger partial charge in [-0.1, -0.05) is 15.9 Å². The van der Waals surface area contributed by atoms with Gasteiger partial charge in [0.2, 0.25) is 5.95 Å². The summed E-state index contributed by atoms with van der Waals surface area (Å²) >= 11 is 2.98. The molecule has 0 aliphatic carbocycles. The van der Waals surface area contributed by atoms with Crippen molar-refractivity contribution >= 4 is 21.6 Å². The van der Waals surface area contributed by atoms with Crippen LogP contribution in [0.1, 0.15) is 17.7 Å². The fourth-order valence-corrected chi connectivity index (χ4v) is 1.52. The van der Waals surface area contributed by atoms with Crippen LogP contribution in [0.25, 0.3) is 0 Å². The molecule has 0 aliphatic rings. The first-order chi connectivity index (χ1) is 6.06. The molecular formula is C7H6BrF3N2. The molecule has 0 radical (unpaired) electrons. The van der Waals surface area contributed by atoms with Crippen LogP contribution in [0, 0.1) is 5.95 Å². The van der Waals surface area contributed by atoms with Crippen LogP contribution < -0.4 is 5.73 Å². The fourth-order valence-electron chi connectivity index (χ4n) is 0.904. The molecule has 1 heterocycles. The van der Waals surface area contributed by atoms with Crippen molar-refractivity contribution in [3.8, 4) is 0 Å². The lowest BCUT2D eigenvalue weighted by molar-refractivity contribution is 0.144. The third-order valence-corrected chi connectivity index (χ3v) is 2.06. The van der Waals surface area contributed by atoms with E-state index >= 15 is 0 Å². The van der Waals surface area contributed by atoms with Crippen LogP contribution in [-0.4, -0.2) is 4.98 Å². The Morgan fingerprint density at radius 3 is 2.62 bits per heavy atom. The molecule has 0 aromatic carbocycles. The second-order valence-electron chi connectivity index (χ2n) is 2.33. The molecule has 0 saturated heterocycles. The smallest absolute Gasteiger partial charge is 0.280 e. The van der Waals surface area contributed by atoms with Gasteiger partial charge < -0.3 is 5.73 Å². The molecule has 0 amide bonds. The first kappa shape index (κ1) is 10.3. The van der Waals surface area contributed by atoms with Gasteiger partial charge in [-0.15, -0.1) is 0 Å². The summed E-state index contributed by atoms with van der Waals surface area (Å²) < 4.78 is 37.1. The number of alkyl halides is 3. The van der Waals surface area contributed by atoms with Crippen molar-refractivity contribution in [2.75, 3.05) is 5.73 Å². The molecule has 0 fully saturated rings. The van der Waals surface area contributed by atoms with Crippen molar-refractivity contribution in [1.82, 2.24) is 4.98 Å². The van der Waals surface area contributed by atoms with Gasteiger partial charge in [-0.05, 0) is 0 Å². The van der Waals surface area contributed by atoms with E-state index < -0.39 is 18.1 Å². The molecule has 2 N–H and O–H groups in total. The fraction of sp³-hybridized carbons (Fsp3) is 0.286. The summed E-state index contributed by atoms with van der Waals surface area (Å²) in [6.45, 7) is 0. The van der Waals surface area contributed by atoms with E-state index in [1.54, 1.807) is 0 Å². The van der Waals surface area contributed by atoms with Gasteiger partial charge >= 0.3 is 0 Å². The Balaban J connectivity index is 3.29. The summed E-state index contributed by atoms with van der Waals surface area (Å²) in [5, 5.41) is 0.131. The summed E-state index contributed by atoms with van der Waals surface area (Å²) in [7, 11) is 0. The number of rotatable bonds is 2. The third-order valence-electron chi connectivity index (χ3n) is 1.50. The van der Waals surface area contributed by atoms with Gasteiger partial charge in [0.25, 0.3) is 6.43 Å². The van der Waals surface area contributed by atoms with Crippen molar-refractivity contribution in [3.05, 3.63) is 23.3 Å². The monoisotopic (exact) mass is 254 g/mol. The Hall–Kier alpha value is -0.780. The number of nitrogen functional groups attached to an aromatic ring is 1. The first-order valence-corrected chi connectivity index (χ1v) is 4.47. The molecule has 13 heavy (non-hydrogen) atoms. The molecule has 0 spiro atoms. The van der Waals surface area contributed by atoms with Crippen molar-refractivity contribution in [2.24, 2.45) is 0 Å². The number of aromatic nitrogens is 1. The largest absolute Gasteiger partial charge is 0.398 e. The van der Waals surface area contributed by atoms with Crippen molar-refractivity contribution < 1.29 is 13.2 Å². The number of halogens is 4. The van der Waals surface area contributed by atoms with Gasteiger partial charge in [-0.25, -0.2) is 13.8 Å². The van der Waals surface area contributed by atoms with E-state index in [1.807, 2.05) is 0 Å². The predicted octanol–water partition coefficient (Wildman–Crippen LogP) is 2.64. The standard InChI is InChI=1S/C7H6BrF3N2/c8-2-3-4(12)1-5(9)13-6(3)7(10)11/h1,7H,2H2,(H2,12,13). The summed E-state index contributed by atoms with van der Waals surface area (Å²) in [4.78, 5) is 3.08. The zero-order valence-corrected chi connectivity index (χ0v) is 7.98. The Labute approximate surface area is 81.1 Å². The minimum absolute atomic E-state index is 0.0142. The highest BCUT2D eigenvalue weighted by Crippen LogP contribution is 2.27. The Kier molecular flexibility index (Phi) is 3.13. The third kappa shape index (κ3) is 2.12. The number of hydrogen-bond acceptors (Lipinski definition) is 2. The van der Waals surface area contributed by atoms with Gasteiger partial charge in [-0.2, -0.15) is 4.39 Å². The highest BCUT2D eigenvalue weighted by Gasteiger charge is 2.17. The molecule has 0 aliphatic heterocycles. The number of nitrogens with two attached hydrogens (primary N) is 1. The Bertz CT molecular complexity index is 317. The van der Waals surface area contributed by atoms with Crippen LogP contribution in [-0.2, 0) is 5.33 Å². The highest BCUT2D eigenvalue weighted by molar-refractivity contribution is 9.08. The van der Waals surface area contributed by atoms with E-state index in [4.69, 9.17) is 5.73 Å². The molecular weight excluding hydrogens is 249 g/mol. The van der Waals surface area contributed by atoms with E-state index in [9.17, 15) is 13.2 Å². The molecule has 0 bridgehead atoms. The average Bonchev–Trinajstić information content (AvgIpc) is 2.02. The Morgan fingerprint density at radius 1 is 1.54 bits per heavy atom. The van der Waals surface area contributed by atoms with Gasteiger partial charge in [0.05, 0.1) is 0 Å². The maximum atomic E-state index is 12.6.